The number of halogens is 2. The lowest BCUT2D eigenvalue weighted by atomic mass is 9.84. The molecule has 1 N–H and O–H groups in total. The van der Waals surface area contributed by atoms with Crippen molar-refractivity contribution in [3.63, 3.8) is 0 Å². The normalized spacial score (nSPS) is 18.6. The molecule has 2 aromatic heterocycles. The highest BCUT2D eigenvalue weighted by Gasteiger charge is 2.31. The second-order valence-corrected chi connectivity index (χ2v) is 10.7. The van der Waals surface area contributed by atoms with Crippen molar-refractivity contribution in [3.05, 3.63) is 67.6 Å². The second-order valence-electron chi connectivity index (χ2n) is 9.06. The van der Waals surface area contributed by atoms with Gasteiger partial charge in [0.1, 0.15) is 0 Å². The maximum Gasteiger partial charge on any atom is 0.272 e. The number of amides is 1. The number of rotatable bonds is 5. The van der Waals surface area contributed by atoms with Crippen molar-refractivity contribution in [1.82, 2.24) is 15.1 Å². The van der Waals surface area contributed by atoms with E-state index in [9.17, 15) is 4.79 Å². The summed E-state index contributed by atoms with van der Waals surface area (Å²) < 4.78 is 7.69. The summed E-state index contributed by atoms with van der Waals surface area (Å²) >= 11 is 14.4. The molecule has 1 aliphatic heterocycles. The van der Waals surface area contributed by atoms with Gasteiger partial charge in [0.05, 0.1) is 29.6 Å². The van der Waals surface area contributed by atoms with Crippen LogP contribution in [0.5, 0.6) is 0 Å². The second kappa shape index (κ2) is 10.2. The van der Waals surface area contributed by atoms with Gasteiger partial charge in [0.25, 0.3) is 5.91 Å². The number of ether oxygens (including phenoxy) is 1. The van der Waals surface area contributed by atoms with Crippen LogP contribution in [0.2, 0.25) is 10.0 Å². The topological polar surface area (TPSA) is 56.2 Å². The van der Waals surface area contributed by atoms with E-state index < -0.39 is 0 Å². The molecule has 0 saturated heterocycles. The maximum absolute atomic E-state index is 13.5. The number of hydrogen-bond donors (Lipinski definition) is 1. The van der Waals surface area contributed by atoms with Gasteiger partial charge in [-0.05, 0) is 72.3 Å². The Bertz CT molecular complexity index is 1210. The van der Waals surface area contributed by atoms with Crippen molar-refractivity contribution in [1.29, 1.82) is 0 Å². The fourth-order valence-corrected chi connectivity index (χ4v) is 6.06. The van der Waals surface area contributed by atoms with E-state index in [1.54, 1.807) is 28.2 Å². The molecule has 34 heavy (non-hydrogen) atoms. The Morgan fingerprint density at radius 3 is 2.79 bits per heavy atom. The average Bonchev–Trinajstić information content (AvgIpc) is 3.48. The highest BCUT2D eigenvalue weighted by atomic mass is 35.5. The minimum atomic E-state index is -0.168. The lowest BCUT2D eigenvalue weighted by Gasteiger charge is -2.28. The van der Waals surface area contributed by atoms with E-state index in [2.05, 4.69) is 29.8 Å². The molecule has 1 aliphatic carbocycles. The van der Waals surface area contributed by atoms with Crippen LogP contribution in [0.25, 0.3) is 17.3 Å². The molecule has 8 heteroatoms. The standard InChI is InChI=1S/C26H27Cl2N3O2S/c1-16(18-5-3-2-4-6-18)29-26(32)24-21-14-33-13-19(11-17-9-10-34-15-17)25(21)31(30-24)23-8-7-20(27)12-22(23)28/h7-12,15-16,18H,2-6,13-14H2,1H3,(H,29,32)/b19-11+/t16-/m0/s1. The van der Waals surface area contributed by atoms with Crippen molar-refractivity contribution in [3.8, 4) is 5.69 Å². The minimum Gasteiger partial charge on any atom is -0.372 e. The summed E-state index contributed by atoms with van der Waals surface area (Å²) in [5.41, 5.74) is 4.75. The first-order chi connectivity index (χ1) is 16.5. The van der Waals surface area contributed by atoms with Crippen LogP contribution in [-0.4, -0.2) is 28.3 Å². The molecule has 0 unspecified atom stereocenters. The fraction of sp³-hybridized carbons (Fsp3) is 0.385. The number of nitrogens with one attached hydrogen (secondary N) is 1. The Labute approximate surface area is 213 Å². The molecule has 0 bridgehead atoms. The summed E-state index contributed by atoms with van der Waals surface area (Å²) in [6.07, 6.45) is 8.15. The van der Waals surface area contributed by atoms with E-state index >= 15 is 0 Å². The van der Waals surface area contributed by atoms with Gasteiger partial charge in [-0.1, -0.05) is 42.5 Å². The Balaban J connectivity index is 1.57. The van der Waals surface area contributed by atoms with Gasteiger partial charge < -0.3 is 10.1 Å². The summed E-state index contributed by atoms with van der Waals surface area (Å²) in [7, 11) is 0. The largest absolute Gasteiger partial charge is 0.372 e. The van der Waals surface area contributed by atoms with Crippen molar-refractivity contribution in [2.24, 2.45) is 5.92 Å². The third-order valence-corrected chi connectivity index (χ3v) is 7.98. The van der Waals surface area contributed by atoms with E-state index in [0.717, 1.165) is 35.2 Å². The van der Waals surface area contributed by atoms with Crippen LogP contribution in [0.4, 0.5) is 0 Å². The zero-order valence-corrected chi connectivity index (χ0v) is 21.3. The summed E-state index contributed by atoms with van der Waals surface area (Å²) in [4.78, 5) is 13.5. The molecule has 0 radical (unpaired) electrons. The molecule has 1 aromatic carbocycles. The quantitative estimate of drug-likeness (QED) is 0.397. The lowest BCUT2D eigenvalue weighted by molar-refractivity contribution is 0.0906. The number of aromatic nitrogens is 2. The van der Waals surface area contributed by atoms with E-state index in [4.69, 9.17) is 33.0 Å². The minimum absolute atomic E-state index is 0.0954. The molecule has 5 nitrogen and oxygen atoms in total. The molecule has 5 rings (SSSR count). The highest BCUT2D eigenvalue weighted by molar-refractivity contribution is 7.08. The van der Waals surface area contributed by atoms with Crippen LogP contribution < -0.4 is 5.32 Å². The predicted octanol–water partition coefficient (Wildman–Crippen LogP) is 7.01. The van der Waals surface area contributed by atoms with Crippen LogP contribution in [0, 0.1) is 5.92 Å². The molecule has 178 valence electrons. The summed E-state index contributed by atoms with van der Waals surface area (Å²) in [6.45, 7) is 2.85. The SMILES string of the molecule is C[C@H](NC(=O)c1nn(-c2ccc(Cl)cc2Cl)c2c1COC/C2=C\c1ccsc1)C1CCCCC1. The van der Waals surface area contributed by atoms with Crippen LogP contribution in [-0.2, 0) is 11.3 Å². The third-order valence-electron chi connectivity index (χ3n) is 6.74. The molecule has 1 atom stereocenters. The van der Waals surface area contributed by atoms with Crippen molar-refractivity contribution < 1.29 is 9.53 Å². The maximum atomic E-state index is 13.5. The number of carbonyl (C=O) groups excluding carboxylic acids is 1. The number of nitrogens with zero attached hydrogens (tertiary/aromatic N) is 2. The average molecular weight is 516 g/mol. The van der Waals surface area contributed by atoms with Gasteiger partial charge in [-0.15, -0.1) is 0 Å². The van der Waals surface area contributed by atoms with Gasteiger partial charge in [0.2, 0.25) is 0 Å². The van der Waals surface area contributed by atoms with Gasteiger partial charge in [0.15, 0.2) is 5.69 Å². The van der Waals surface area contributed by atoms with E-state index in [1.807, 2.05) is 11.4 Å². The smallest absolute Gasteiger partial charge is 0.272 e. The third kappa shape index (κ3) is 4.82. The molecular formula is C26H27Cl2N3O2S. The number of carbonyl (C=O) groups is 1. The number of hydrogen-bond acceptors (Lipinski definition) is 4. The Morgan fingerprint density at radius 1 is 1.24 bits per heavy atom. The first-order valence-electron chi connectivity index (χ1n) is 11.7. The van der Waals surface area contributed by atoms with E-state index in [1.165, 1.54) is 19.3 Å². The van der Waals surface area contributed by atoms with Gasteiger partial charge in [-0.3, -0.25) is 4.79 Å². The molecule has 3 heterocycles. The number of fused-ring (bicyclic) bond motifs is 1. The van der Waals surface area contributed by atoms with Crippen LogP contribution in [0.1, 0.15) is 66.3 Å². The summed E-state index contributed by atoms with van der Waals surface area (Å²) in [5, 5.41) is 13.2. The van der Waals surface area contributed by atoms with Crippen molar-refractivity contribution in [2.75, 3.05) is 6.61 Å². The molecular weight excluding hydrogens is 489 g/mol. The van der Waals surface area contributed by atoms with Gasteiger partial charge in [0, 0.05) is 22.2 Å². The monoisotopic (exact) mass is 515 g/mol. The van der Waals surface area contributed by atoms with Gasteiger partial charge in [-0.25, -0.2) is 4.68 Å². The lowest BCUT2D eigenvalue weighted by Crippen LogP contribution is -2.39. The Morgan fingerprint density at radius 2 is 2.06 bits per heavy atom. The number of thiophene rings is 1. The molecule has 1 saturated carbocycles. The highest BCUT2D eigenvalue weighted by Crippen LogP contribution is 2.35. The molecule has 3 aromatic rings. The molecule has 0 spiro atoms. The predicted molar refractivity (Wildman–Crippen MR) is 139 cm³/mol. The zero-order valence-electron chi connectivity index (χ0n) is 19.0. The summed E-state index contributed by atoms with van der Waals surface area (Å²) in [5.74, 6) is 0.338. The van der Waals surface area contributed by atoms with Crippen molar-refractivity contribution in [2.45, 2.75) is 51.7 Å². The zero-order chi connectivity index (χ0) is 23.7. The van der Waals surface area contributed by atoms with Crippen LogP contribution in [0.3, 0.4) is 0 Å². The molecule has 1 amide bonds. The molecule has 1 fully saturated rings. The Hall–Kier alpha value is -2.12. The van der Waals surface area contributed by atoms with Crippen molar-refractivity contribution >= 4 is 52.1 Å². The first-order valence-corrected chi connectivity index (χ1v) is 13.4. The Kier molecular flexibility index (Phi) is 7.11. The van der Waals surface area contributed by atoms with Crippen LogP contribution >= 0.6 is 34.5 Å². The summed E-state index contributed by atoms with van der Waals surface area (Å²) in [6, 6.07) is 7.46. The van der Waals surface area contributed by atoms with Crippen LogP contribution in [0.15, 0.2) is 35.0 Å². The van der Waals surface area contributed by atoms with Gasteiger partial charge >= 0.3 is 0 Å². The van der Waals surface area contributed by atoms with E-state index in [-0.39, 0.29) is 11.9 Å². The van der Waals surface area contributed by atoms with Gasteiger partial charge in [-0.2, -0.15) is 16.4 Å². The first kappa shape index (κ1) is 23.6. The fourth-order valence-electron chi connectivity index (χ4n) is 4.95. The van der Waals surface area contributed by atoms with E-state index in [0.29, 0.717) is 40.6 Å². The number of benzene rings is 1. The molecule has 2 aliphatic rings.